The fourth-order valence-corrected chi connectivity index (χ4v) is 4.25. The van der Waals surface area contributed by atoms with E-state index < -0.39 is 10.0 Å². The Labute approximate surface area is 177 Å². The molecule has 8 nitrogen and oxygen atoms in total. The molecule has 1 aliphatic heterocycles. The summed E-state index contributed by atoms with van der Waals surface area (Å²) >= 11 is 0. The normalized spacial score (nSPS) is 15.0. The maximum atomic E-state index is 12.7. The summed E-state index contributed by atoms with van der Waals surface area (Å²) in [6.45, 7) is 4.75. The molecule has 0 aliphatic carbocycles. The molecule has 1 saturated heterocycles. The molecule has 0 aromatic heterocycles. The van der Waals surface area contributed by atoms with E-state index >= 15 is 0 Å². The van der Waals surface area contributed by atoms with Crippen LogP contribution in [-0.2, 0) is 14.8 Å². The topological polar surface area (TPSA) is 88.2 Å². The van der Waals surface area contributed by atoms with Crippen LogP contribution in [0, 0.1) is 6.92 Å². The summed E-state index contributed by atoms with van der Waals surface area (Å²) in [7, 11) is -0.178. The minimum atomic E-state index is -3.75. The summed E-state index contributed by atoms with van der Waals surface area (Å²) in [5.74, 6) is 1.06. The number of carbonyl (C=O) groups excluding carboxylic acids is 1. The first-order valence-corrected chi connectivity index (χ1v) is 11.1. The quantitative estimate of drug-likeness (QED) is 0.718. The third-order valence-electron chi connectivity index (χ3n) is 5.01. The molecular formula is C21H27N3O5S. The number of benzene rings is 2. The van der Waals surface area contributed by atoms with Crippen molar-refractivity contribution in [2.75, 3.05) is 51.7 Å². The van der Waals surface area contributed by atoms with Crippen molar-refractivity contribution in [2.45, 2.75) is 11.8 Å². The van der Waals surface area contributed by atoms with Gasteiger partial charge in [-0.05, 0) is 62.0 Å². The molecule has 30 heavy (non-hydrogen) atoms. The lowest BCUT2D eigenvalue weighted by atomic mass is 10.2. The van der Waals surface area contributed by atoms with Crippen LogP contribution < -0.4 is 14.2 Å². The number of hydrogen-bond donors (Lipinski definition) is 1. The van der Waals surface area contributed by atoms with Crippen LogP contribution in [-0.4, -0.2) is 71.1 Å². The smallest absolute Gasteiger partial charge is 0.261 e. The molecule has 1 fully saturated rings. The van der Waals surface area contributed by atoms with E-state index in [9.17, 15) is 13.2 Å². The minimum absolute atomic E-state index is 0.0687. The number of piperazine rings is 1. The molecule has 2 aromatic rings. The standard InChI is InChI=1S/C21H27N3O5S/c1-16-14-19(30(26,27)22-17-4-6-18(28-3)7-5-17)8-9-20(16)29-15-21(25)24-12-10-23(2)11-13-24/h4-9,14,22H,10-13,15H2,1-3H3. The van der Waals surface area contributed by atoms with Gasteiger partial charge in [0, 0.05) is 31.9 Å². The Balaban J connectivity index is 1.62. The number of nitrogens with zero attached hydrogens (tertiary/aromatic N) is 2. The van der Waals surface area contributed by atoms with Gasteiger partial charge in [0.15, 0.2) is 6.61 Å². The molecular weight excluding hydrogens is 406 g/mol. The molecule has 1 aliphatic rings. The summed E-state index contributed by atoms with van der Waals surface area (Å²) in [5.41, 5.74) is 1.07. The fraction of sp³-hybridized carbons (Fsp3) is 0.381. The molecule has 2 aromatic carbocycles. The molecule has 0 atom stereocenters. The van der Waals surface area contributed by atoms with E-state index in [1.165, 1.54) is 12.1 Å². The maximum Gasteiger partial charge on any atom is 0.261 e. The Morgan fingerprint density at radius 1 is 1.07 bits per heavy atom. The number of anilines is 1. The lowest BCUT2D eigenvalue weighted by molar-refractivity contribution is -0.134. The second-order valence-electron chi connectivity index (χ2n) is 7.23. The number of rotatable bonds is 7. The lowest BCUT2D eigenvalue weighted by Gasteiger charge is -2.32. The van der Waals surface area contributed by atoms with E-state index in [0.29, 0.717) is 35.8 Å². The monoisotopic (exact) mass is 433 g/mol. The number of aryl methyl sites for hydroxylation is 1. The number of ether oxygens (including phenoxy) is 2. The van der Waals surface area contributed by atoms with Gasteiger partial charge in [0.1, 0.15) is 11.5 Å². The van der Waals surface area contributed by atoms with Crippen molar-refractivity contribution in [1.82, 2.24) is 9.80 Å². The third kappa shape index (κ3) is 5.43. The van der Waals surface area contributed by atoms with Gasteiger partial charge in [0.2, 0.25) is 0 Å². The van der Waals surface area contributed by atoms with E-state index in [4.69, 9.17) is 9.47 Å². The largest absolute Gasteiger partial charge is 0.497 e. The van der Waals surface area contributed by atoms with Gasteiger partial charge in [0.25, 0.3) is 15.9 Å². The van der Waals surface area contributed by atoms with Crippen LogP contribution in [0.3, 0.4) is 0 Å². The average molecular weight is 434 g/mol. The van der Waals surface area contributed by atoms with Gasteiger partial charge in [-0.15, -0.1) is 0 Å². The van der Waals surface area contributed by atoms with Gasteiger partial charge < -0.3 is 19.3 Å². The zero-order valence-electron chi connectivity index (χ0n) is 17.4. The Morgan fingerprint density at radius 2 is 1.73 bits per heavy atom. The number of hydrogen-bond acceptors (Lipinski definition) is 6. The van der Waals surface area contributed by atoms with E-state index in [1.54, 1.807) is 49.3 Å². The molecule has 0 spiro atoms. The van der Waals surface area contributed by atoms with E-state index in [2.05, 4.69) is 9.62 Å². The zero-order valence-corrected chi connectivity index (χ0v) is 18.2. The van der Waals surface area contributed by atoms with Crippen LogP contribution in [0.15, 0.2) is 47.4 Å². The number of likely N-dealkylation sites (N-methyl/N-ethyl adjacent to an activating group) is 1. The Morgan fingerprint density at radius 3 is 2.33 bits per heavy atom. The van der Waals surface area contributed by atoms with Crippen LogP contribution in [0.25, 0.3) is 0 Å². The number of carbonyl (C=O) groups is 1. The number of amides is 1. The summed E-state index contributed by atoms with van der Waals surface area (Å²) < 4.78 is 38.6. The zero-order chi connectivity index (χ0) is 21.7. The van der Waals surface area contributed by atoms with Crippen LogP contribution in [0.5, 0.6) is 11.5 Å². The van der Waals surface area contributed by atoms with Crippen LogP contribution in [0.1, 0.15) is 5.56 Å². The van der Waals surface area contributed by atoms with Gasteiger partial charge >= 0.3 is 0 Å². The molecule has 1 amide bonds. The number of nitrogens with one attached hydrogen (secondary N) is 1. The Hall–Kier alpha value is -2.78. The molecule has 1 heterocycles. The Bertz CT molecular complexity index is 984. The first-order valence-electron chi connectivity index (χ1n) is 9.65. The lowest BCUT2D eigenvalue weighted by Crippen LogP contribution is -2.48. The molecule has 3 rings (SSSR count). The summed E-state index contributed by atoms with van der Waals surface area (Å²) in [6.07, 6.45) is 0. The molecule has 0 radical (unpaired) electrons. The van der Waals surface area contributed by atoms with Crippen LogP contribution in [0.4, 0.5) is 5.69 Å². The van der Waals surface area contributed by atoms with E-state index in [1.807, 2.05) is 7.05 Å². The van der Waals surface area contributed by atoms with Gasteiger partial charge in [-0.25, -0.2) is 8.42 Å². The van der Waals surface area contributed by atoms with Crippen LogP contribution in [0.2, 0.25) is 0 Å². The fourth-order valence-electron chi connectivity index (χ4n) is 3.11. The molecule has 9 heteroatoms. The van der Waals surface area contributed by atoms with Crippen molar-refractivity contribution in [2.24, 2.45) is 0 Å². The summed E-state index contributed by atoms with van der Waals surface area (Å²) in [6, 6.07) is 11.2. The molecule has 1 N–H and O–H groups in total. The van der Waals surface area contributed by atoms with Crippen molar-refractivity contribution >= 4 is 21.6 Å². The third-order valence-corrected chi connectivity index (χ3v) is 6.39. The highest BCUT2D eigenvalue weighted by atomic mass is 32.2. The first-order chi connectivity index (χ1) is 14.3. The molecule has 162 valence electrons. The van der Waals surface area contributed by atoms with Gasteiger partial charge in [-0.1, -0.05) is 0 Å². The second kappa shape index (κ2) is 9.36. The van der Waals surface area contributed by atoms with Gasteiger partial charge in [0.05, 0.1) is 12.0 Å². The highest BCUT2D eigenvalue weighted by Gasteiger charge is 2.20. The number of methoxy groups -OCH3 is 1. The Kier molecular flexibility index (Phi) is 6.84. The average Bonchev–Trinajstić information content (AvgIpc) is 2.73. The summed E-state index contributed by atoms with van der Waals surface area (Å²) in [4.78, 5) is 16.4. The highest BCUT2D eigenvalue weighted by Crippen LogP contribution is 2.24. The molecule has 0 saturated carbocycles. The maximum absolute atomic E-state index is 12.7. The van der Waals surface area contributed by atoms with Crippen molar-refractivity contribution in [3.05, 3.63) is 48.0 Å². The molecule has 0 bridgehead atoms. The minimum Gasteiger partial charge on any atom is -0.497 e. The van der Waals surface area contributed by atoms with Crippen molar-refractivity contribution in [3.8, 4) is 11.5 Å². The SMILES string of the molecule is COc1ccc(NS(=O)(=O)c2ccc(OCC(=O)N3CCN(C)CC3)c(C)c2)cc1. The van der Waals surface area contributed by atoms with E-state index in [-0.39, 0.29) is 17.4 Å². The van der Waals surface area contributed by atoms with Gasteiger partial charge in [-0.3, -0.25) is 9.52 Å². The molecule has 0 unspecified atom stereocenters. The van der Waals surface area contributed by atoms with Crippen molar-refractivity contribution < 1.29 is 22.7 Å². The van der Waals surface area contributed by atoms with E-state index in [0.717, 1.165) is 13.1 Å². The van der Waals surface area contributed by atoms with Crippen molar-refractivity contribution in [3.63, 3.8) is 0 Å². The van der Waals surface area contributed by atoms with Gasteiger partial charge in [-0.2, -0.15) is 0 Å². The predicted molar refractivity (Wildman–Crippen MR) is 115 cm³/mol. The predicted octanol–water partition coefficient (Wildman–Crippen LogP) is 1.96. The highest BCUT2D eigenvalue weighted by molar-refractivity contribution is 7.92. The summed E-state index contributed by atoms with van der Waals surface area (Å²) in [5, 5.41) is 0. The first kappa shape index (κ1) is 21.9. The van der Waals surface area contributed by atoms with Crippen LogP contribution >= 0.6 is 0 Å². The number of sulfonamides is 1. The van der Waals surface area contributed by atoms with Crippen molar-refractivity contribution in [1.29, 1.82) is 0 Å². The second-order valence-corrected chi connectivity index (χ2v) is 8.92.